The summed E-state index contributed by atoms with van der Waals surface area (Å²) in [5, 5.41) is 6.56. The highest BCUT2D eigenvalue weighted by Gasteiger charge is 2.65. The fourth-order valence-electron chi connectivity index (χ4n) is 3.03. The summed E-state index contributed by atoms with van der Waals surface area (Å²) < 4.78 is 0. The molecule has 1 aromatic carbocycles. The minimum Gasteiger partial charge on any atom is -0.385 e. The second kappa shape index (κ2) is 5.36. The van der Waals surface area contributed by atoms with Gasteiger partial charge in [-0.05, 0) is 47.9 Å². The van der Waals surface area contributed by atoms with Crippen LogP contribution in [0.15, 0.2) is 18.2 Å². The zero-order valence-electron chi connectivity index (χ0n) is 14.1. The largest absolute Gasteiger partial charge is 0.385 e. The SMILES string of the molecule is CCCNc1ccc(C(=O)NC2C(C)(C)C2(C)C)cc1C. The molecule has 1 fully saturated rings. The highest BCUT2D eigenvalue weighted by molar-refractivity contribution is 5.95. The van der Waals surface area contributed by atoms with E-state index < -0.39 is 0 Å². The number of carbonyl (C=O) groups excluding carboxylic acids is 1. The summed E-state index contributed by atoms with van der Waals surface area (Å²) in [6, 6.07) is 6.12. The van der Waals surface area contributed by atoms with E-state index in [4.69, 9.17) is 0 Å². The third-order valence-corrected chi connectivity index (χ3v) is 5.35. The lowest BCUT2D eigenvalue weighted by atomic mass is 10.0. The Morgan fingerprint density at radius 3 is 2.29 bits per heavy atom. The van der Waals surface area contributed by atoms with Crippen molar-refractivity contribution in [2.45, 2.75) is 54.0 Å². The third kappa shape index (κ3) is 2.78. The van der Waals surface area contributed by atoms with E-state index in [2.05, 4.69) is 45.3 Å². The highest BCUT2D eigenvalue weighted by atomic mass is 16.1. The molecular weight excluding hydrogens is 260 g/mol. The highest BCUT2D eigenvalue weighted by Crippen LogP contribution is 2.62. The van der Waals surface area contributed by atoms with E-state index in [9.17, 15) is 4.79 Å². The molecular formula is C18H28N2O. The van der Waals surface area contributed by atoms with Gasteiger partial charge in [0.2, 0.25) is 0 Å². The molecule has 2 rings (SSSR count). The van der Waals surface area contributed by atoms with Crippen LogP contribution in [0.4, 0.5) is 5.69 Å². The normalized spacial score (nSPS) is 19.1. The van der Waals surface area contributed by atoms with Crippen molar-refractivity contribution in [3.8, 4) is 0 Å². The molecule has 0 heterocycles. The summed E-state index contributed by atoms with van der Waals surface area (Å²) in [7, 11) is 0. The Balaban J connectivity index is 2.06. The number of hydrogen-bond acceptors (Lipinski definition) is 2. The number of nitrogens with one attached hydrogen (secondary N) is 2. The van der Waals surface area contributed by atoms with Crippen LogP contribution in [-0.4, -0.2) is 18.5 Å². The molecule has 116 valence electrons. The number of aryl methyl sites for hydroxylation is 1. The van der Waals surface area contributed by atoms with E-state index in [0.717, 1.165) is 29.8 Å². The average molecular weight is 288 g/mol. The molecule has 0 bridgehead atoms. The van der Waals surface area contributed by atoms with Gasteiger partial charge in [0.15, 0.2) is 0 Å². The van der Waals surface area contributed by atoms with Crippen molar-refractivity contribution in [1.82, 2.24) is 5.32 Å². The van der Waals surface area contributed by atoms with E-state index in [-0.39, 0.29) is 22.8 Å². The van der Waals surface area contributed by atoms with Crippen molar-refractivity contribution in [1.29, 1.82) is 0 Å². The van der Waals surface area contributed by atoms with Gasteiger partial charge < -0.3 is 10.6 Å². The number of anilines is 1. The van der Waals surface area contributed by atoms with Crippen LogP contribution >= 0.6 is 0 Å². The van der Waals surface area contributed by atoms with Gasteiger partial charge >= 0.3 is 0 Å². The second-order valence-corrected chi connectivity index (χ2v) is 7.31. The van der Waals surface area contributed by atoms with Crippen LogP contribution in [0.5, 0.6) is 0 Å². The predicted molar refractivity (Wildman–Crippen MR) is 88.8 cm³/mol. The van der Waals surface area contributed by atoms with Gasteiger partial charge in [-0.1, -0.05) is 34.6 Å². The first-order chi connectivity index (χ1) is 9.71. The molecule has 1 aliphatic rings. The Morgan fingerprint density at radius 2 is 1.81 bits per heavy atom. The van der Waals surface area contributed by atoms with Crippen LogP contribution in [0.2, 0.25) is 0 Å². The maximum atomic E-state index is 12.4. The molecule has 1 amide bonds. The van der Waals surface area contributed by atoms with Gasteiger partial charge in [-0.25, -0.2) is 0 Å². The first-order valence-electron chi connectivity index (χ1n) is 7.87. The molecule has 0 spiro atoms. The molecule has 0 saturated heterocycles. The molecule has 0 unspecified atom stereocenters. The molecule has 3 nitrogen and oxygen atoms in total. The summed E-state index contributed by atoms with van der Waals surface area (Å²) in [4.78, 5) is 12.4. The molecule has 0 atom stereocenters. The molecule has 3 heteroatoms. The van der Waals surface area contributed by atoms with Gasteiger partial charge in [-0.2, -0.15) is 0 Å². The zero-order valence-corrected chi connectivity index (χ0v) is 14.1. The van der Waals surface area contributed by atoms with Crippen LogP contribution in [0.25, 0.3) is 0 Å². The number of hydrogen-bond donors (Lipinski definition) is 2. The lowest BCUT2D eigenvalue weighted by Crippen LogP contribution is -2.29. The standard InChI is InChI=1S/C18H28N2O/c1-7-10-19-14-9-8-13(11-12(14)2)15(21)20-16-17(3,4)18(16,5)6/h8-9,11,16,19H,7,10H2,1-6H3,(H,20,21). The zero-order chi connectivity index (χ0) is 15.8. The molecule has 0 radical (unpaired) electrons. The summed E-state index contributed by atoms with van der Waals surface area (Å²) in [5.41, 5.74) is 3.31. The summed E-state index contributed by atoms with van der Waals surface area (Å²) >= 11 is 0. The topological polar surface area (TPSA) is 41.1 Å². The Kier molecular flexibility index (Phi) is 4.05. The molecule has 1 aliphatic carbocycles. The summed E-state index contributed by atoms with van der Waals surface area (Å²) in [6.07, 6.45) is 1.09. The van der Waals surface area contributed by atoms with Gasteiger partial charge in [-0.15, -0.1) is 0 Å². The molecule has 1 saturated carbocycles. The molecule has 0 aromatic heterocycles. The number of benzene rings is 1. The number of carbonyl (C=O) groups is 1. The maximum absolute atomic E-state index is 12.4. The van der Waals surface area contributed by atoms with Crippen LogP contribution < -0.4 is 10.6 Å². The fourth-order valence-corrected chi connectivity index (χ4v) is 3.03. The second-order valence-electron chi connectivity index (χ2n) is 7.31. The van der Waals surface area contributed by atoms with Gasteiger partial charge in [0.25, 0.3) is 5.91 Å². The molecule has 0 aliphatic heterocycles. The Labute approximate surface area is 128 Å². The molecule has 1 aromatic rings. The van der Waals surface area contributed by atoms with E-state index in [1.54, 1.807) is 0 Å². The lowest BCUT2D eigenvalue weighted by Gasteiger charge is -2.11. The van der Waals surface area contributed by atoms with Gasteiger partial charge in [0.05, 0.1) is 0 Å². The lowest BCUT2D eigenvalue weighted by molar-refractivity contribution is 0.0943. The first kappa shape index (κ1) is 15.9. The maximum Gasteiger partial charge on any atom is 0.251 e. The minimum atomic E-state index is 0.0313. The van der Waals surface area contributed by atoms with Crippen molar-refractivity contribution in [2.75, 3.05) is 11.9 Å². The first-order valence-corrected chi connectivity index (χ1v) is 7.87. The molecule has 2 N–H and O–H groups in total. The number of amides is 1. The van der Waals surface area contributed by atoms with E-state index in [1.165, 1.54) is 0 Å². The van der Waals surface area contributed by atoms with E-state index in [0.29, 0.717) is 0 Å². The smallest absolute Gasteiger partial charge is 0.251 e. The van der Waals surface area contributed by atoms with Crippen molar-refractivity contribution in [3.63, 3.8) is 0 Å². The fraction of sp³-hybridized carbons (Fsp3) is 0.611. The summed E-state index contributed by atoms with van der Waals surface area (Å²) in [6.45, 7) is 14.0. The van der Waals surface area contributed by atoms with Gasteiger partial charge in [0.1, 0.15) is 0 Å². The monoisotopic (exact) mass is 288 g/mol. The Bertz CT molecular complexity index is 532. The Hall–Kier alpha value is -1.51. The van der Waals surface area contributed by atoms with Gasteiger partial charge in [-0.3, -0.25) is 4.79 Å². The van der Waals surface area contributed by atoms with Crippen LogP contribution in [-0.2, 0) is 0 Å². The van der Waals surface area contributed by atoms with Crippen molar-refractivity contribution in [2.24, 2.45) is 10.8 Å². The minimum absolute atomic E-state index is 0.0313. The third-order valence-electron chi connectivity index (χ3n) is 5.35. The van der Waals surface area contributed by atoms with Crippen LogP contribution in [0, 0.1) is 17.8 Å². The molecule has 21 heavy (non-hydrogen) atoms. The van der Waals surface area contributed by atoms with Crippen LogP contribution in [0.1, 0.15) is 57.0 Å². The van der Waals surface area contributed by atoms with Crippen molar-refractivity contribution < 1.29 is 4.79 Å². The quantitative estimate of drug-likeness (QED) is 0.860. The predicted octanol–water partition coefficient (Wildman–Crippen LogP) is 3.98. The summed E-state index contributed by atoms with van der Waals surface area (Å²) in [5.74, 6) is 0.0313. The van der Waals surface area contributed by atoms with Crippen molar-refractivity contribution in [3.05, 3.63) is 29.3 Å². The number of rotatable bonds is 5. The van der Waals surface area contributed by atoms with Gasteiger partial charge in [0, 0.05) is 23.8 Å². The Morgan fingerprint density at radius 1 is 1.19 bits per heavy atom. The van der Waals surface area contributed by atoms with E-state index >= 15 is 0 Å². The van der Waals surface area contributed by atoms with Crippen molar-refractivity contribution >= 4 is 11.6 Å². The van der Waals surface area contributed by atoms with E-state index in [1.807, 2.05) is 25.1 Å². The average Bonchev–Trinajstić information content (AvgIpc) is 2.79. The van der Waals surface area contributed by atoms with Crippen LogP contribution in [0.3, 0.4) is 0 Å².